The maximum Gasteiger partial charge on any atom is 0.341 e. The van der Waals surface area contributed by atoms with Gasteiger partial charge in [-0.2, -0.15) is 0 Å². The number of carbonyl (C=O) groups is 2. The minimum absolute atomic E-state index is 0.0117. The van der Waals surface area contributed by atoms with Crippen molar-refractivity contribution in [1.29, 1.82) is 0 Å². The molecule has 10 heteroatoms. The van der Waals surface area contributed by atoms with Crippen LogP contribution >= 0.6 is 34.4 Å². The van der Waals surface area contributed by atoms with Crippen LogP contribution in [0.4, 0.5) is 10.1 Å². The van der Waals surface area contributed by atoms with E-state index in [9.17, 15) is 14.0 Å². The van der Waals surface area contributed by atoms with Crippen molar-refractivity contribution in [1.82, 2.24) is 0 Å². The Balaban J connectivity index is 1.61. The lowest BCUT2D eigenvalue weighted by Gasteiger charge is -2.47. The third-order valence-corrected chi connectivity index (χ3v) is 14.2. The van der Waals surface area contributed by atoms with Crippen molar-refractivity contribution in [3.8, 4) is 5.75 Å². The zero-order valence-corrected chi connectivity index (χ0v) is 27.7. The first-order valence-corrected chi connectivity index (χ1v) is 18.4. The fourth-order valence-electron chi connectivity index (χ4n) is 4.34. The highest BCUT2D eigenvalue weighted by atomic mass is 127. The minimum Gasteiger partial charge on any atom is -0.482 e. The number of amides is 1. The summed E-state index contributed by atoms with van der Waals surface area (Å²) in [6.45, 7) is 10.5. The molecule has 0 radical (unpaired) electrons. The van der Waals surface area contributed by atoms with Gasteiger partial charge in [0, 0.05) is 15.0 Å². The van der Waals surface area contributed by atoms with E-state index in [2.05, 4.69) is 56.5 Å². The SMILES string of the molecule is CC(C)(C)[Si](C)(C)O[C@H](CS[C@H]1C(=O)N(c2ccc(I)cc2)[C@@H]1c1ccc(OCC(=O)O)cc1)c1ccc(F)cc1. The molecule has 1 aliphatic heterocycles. The molecule has 1 aliphatic rings. The summed E-state index contributed by atoms with van der Waals surface area (Å²) in [6, 6.07) is 21.3. The molecule has 6 nitrogen and oxygen atoms in total. The zero-order chi connectivity index (χ0) is 29.9. The van der Waals surface area contributed by atoms with E-state index in [1.807, 2.05) is 41.3 Å². The Morgan fingerprint density at radius 1 is 1.05 bits per heavy atom. The molecule has 0 aromatic heterocycles. The Kier molecular flexibility index (Phi) is 9.87. The number of hydrogen-bond acceptors (Lipinski definition) is 5. The van der Waals surface area contributed by atoms with Crippen molar-refractivity contribution in [2.24, 2.45) is 0 Å². The molecule has 3 aromatic rings. The number of ether oxygens (including phenoxy) is 1. The third-order valence-electron chi connectivity index (χ3n) is 7.65. The summed E-state index contributed by atoms with van der Waals surface area (Å²) in [5.41, 5.74) is 2.63. The van der Waals surface area contributed by atoms with Gasteiger partial charge in [-0.1, -0.05) is 45.0 Å². The van der Waals surface area contributed by atoms with Crippen molar-refractivity contribution in [3.63, 3.8) is 0 Å². The number of rotatable bonds is 11. The van der Waals surface area contributed by atoms with Crippen LogP contribution in [0.5, 0.6) is 5.75 Å². The number of thioether (sulfide) groups is 1. The number of carboxylic acids is 1. The van der Waals surface area contributed by atoms with Crippen molar-refractivity contribution in [2.45, 2.75) is 56.3 Å². The molecule has 1 N–H and O–H groups in total. The number of hydrogen-bond donors (Lipinski definition) is 1. The third kappa shape index (κ3) is 7.52. The standard InChI is InChI=1S/C31H35FINO5SSi/c1-31(2,3)41(4,5)39-26(20-6-10-22(32)11-7-20)19-40-29-28(21-8-16-25(17-9-21)38-18-27(35)36)34(30(29)37)24-14-12-23(33)13-15-24/h6-17,26,28-29H,18-19H2,1-5H3,(H,35,36)/t26-,28-,29-/m1/s1. The topological polar surface area (TPSA) is 76.1 Å². The summed E-state index contributed by atoms with van der Waals surface area (Å²) in [4.78, 5) is 26.3. The van der Waals surface area contributed by atoms with E-state index >= 15 is 0 Å². The molecule has 0 aliphatic carbocycles. The summed E-state index contributed by atoms with van der Waals surface area (Å²) in [5, 5.41) is 8.55. The fourth-order valence-corrected chi connectivity index (χ4v) is 7.47. The van der Waals surface area contributed by atoms with Crippen LogP contribution in [0, 0.1) is 9.39 Å². The van der Waals surface area contributed by atoms with Gasteiger partial charge in [0.15, 0.2) is 14.9 Å². The first-order valence-electron chi connectivity index (χ1n) is 13.3. The van der Waals surface area contributed by atoms with Crippen molar-refractivity contribution in [2.75, 3.05) is 17.3 Å². The lowest BCUT2D eigenvalue weighted by molar-refractivity contribution is -0.139. The molecule has 218 valence electrons. The molecular formula is C31H35FINO5SSi. The van der Waals surface area contributed by atoms with Crippen LogP contribution in [0.3, 0.4) is 0 Å². The second-order valence-corrected chi connectivity index (χ2v) is 18.7. The van der Waals surface area contributed by atoms with Gasteiger partial charge in [-0.05, 0) is 100 Å². The van der Waals surface area contributed by atoms with Gasteiger partial charge in [0.1, 0.15) is 16.8 Å². The average molecular weight is 708 g/mol. The zero-order valence-electron chi connectivity index (χ0n) is 23.8. The number of nitrogens with zero attached hydrogens (tertiary/aromatic N) is 1. The normalized spacial score (nSPS) is 18.1. The minimum atomic E-state index is -2.18. The van der Waals surface area contributed by atoms with Gasteiger partial charge in [-0.15, -0.1) is 11.8 Å². The molecule has 1 fully saturated rings. The van der Waals surface area contributed by atoms with Crippen LogP contribution in [-0.4, -0.2) is 42.9 Å². The molecular weight excluding hydrogens is 672 g/mol. The predicted molar refractivity (Wildman–Crippen MR) is 173 cm³/mol. The van der Waals surface area contributed by atoms with Crippen LogP contribution < -0.4 is 9.64 Å². The predicted octanol–water partition coefficient (Wildman–Crippen LogP) is 7.85. The second-order valence-electron chi connectivity index (χ2n) is 11.6. The van der Waals surface area contributed by atoms with E-state index in [4.69, 9.17) is 14.3 Å². The Morgan fingerprint density at radius 2 is 1.66 bits per heavy atom. The fraction of sp³-hybridized carbons (Fsp3) is 0.355. The van der Waals surface area contributed by atoms with Crippen LogP contribution in [-0.2, 0) is 14.0 Å². The van der Waals surface area contributed by atoms with E-state index in [-0.39, 0.29) is 34.2 Å². The largest absolute Gasteiger partial charge is 0.482 e. The lowest BCUT2D eigenvalue weighted by Crippen LogP contribution is -2.58. The molecule has 4 rings (SSSR count). The van der Waals surface area contributed by atoms with Gasteiger partial charge >= 0.3 is 5.97 Å². The highest BCUT2D eigenvalue weighted by Gasteiger charge is 2.50. The highest BCUT2D eigenvalue weighted by Crippen LogP contribution is 2.47. The van der Waals surface area contributed by atoms with Gasteiger partial charge in [-0.3, -0.25) is 4.79 Å². The van der Waals surface area contributed by atoms with Gasteiger partial charge in [0.05, 0.1) is 12.1 Å². The molecule has 1 saturated heterocycles. The van der Waals surface area contributed by atoms with E-state index in [1.165, 1.54) is 12.1 Å². The summed E-state index contributed by atoms with van der Waals surface area (Å²) in [6.07, 6.45) is -0.297. The van der Waals surface area contributed by atoms with Crippen LogP contribution in [0.2, 0.25) is 18.1 Å². The summed E-state index contributed by atoms with van der Waals surface area (Å²) in [7, 11) is -2.18. The van der Waals surface area contributed by atoms with Crippen LogP contribution in [0.15, 0.2) is 72.8 Å². The Hall–Kier alpha value is -2.41. The molecule has 0 bridgehead atoms. The summed E-state index contributed by atoms with van der Waals surface area (Å²) < 4.78 is 27.0. The van der Waals surface area contributed by atoms with Gasteiger partial charge < -0.3 is 19.2 Å². The molecule has 0 spiro atoms. The molecule has 1 heterocycles. The van der Waals surface area contributed by atoms with Gasteiger partial charge in [-0.25, -0.2) is 9.18 Å². The first-order chi connectivity index (χ1) is 19.3. The highest BCUT2D eigenvalue weighted by molar-refractivity contribution is 14.1. The van der Waals surface area contributed by atoms with Crippen LogP contribution in [0.1, 0.15) is 44.0 Å². The average Bonchev–Trinajstić information content (AvgIpc) is 2.91. The summed E-state index contributed by atoms with van der Waals surface area (Å²) >= 11 is 3.79. The smallest absolute Gasteiger partial charge is 0.341 e. The Labute approximate surface area is 259 Å². The van der Waals surface area contributed by atoms with E-state index < -0.39 is 20.9 Å². The first kappa shape index (κ1) is 31.5. The maximum absolute atomic E-state index is 13.8. The van der Waals surface area contributed by atoms with Gasteiger partial charge in [0.2, 0.25) is 5.91 Å². The van der Waals surface area contributed by atoms with Crippen molar-refractivity contribution >= 4 is 60.2 Å². The van der Waals surface area contributed by atoms with Crippen LogP contribution in [0.25, 0.3) is 0 Å². The second kappa shape index (κ2) is 12.8. The molecule has 0 saturated carbocycles. The number of β-lactam (4-membered cyclic amide) rings is 1. The molecule has 0 unspecified atom stereocenters. The maximum atomic E-state index is 13.8. The number of anilines is 1. The summed E-state index contributed by atoms with van der Waals surface area (Å²) in [5.74, 6) is -0.351. The van der Waals surface area contributed by atoms with E-state index in [0.717, 1.165) is 20.4 Å². The number of carboxylic acid groups (broad SMARTS) is 1. The van der Waals surface area contributed by atoms with E-state index in [1.54, 1.807) is 36.0 Å². The molecule has 1 amide bonds. The molecule has 3 aromatic carbocycles. The molecule has 3 atom stereocenters. The quantitative estimate of drug-likeness (QED) is 0.124. The monoisotopic (exact) mass is 707 g/mol. The number of aliphatic carboxylic acids is 1. The lowest BCUT2D eigenvalue weighted by atomic mass is 9.92. The number of carbonyl (C=O) groups excluding carboxylic acids is 1. The van der Waals surface area contributed by atoms with E-state index in [0.29, 0.717) is 11.5 Å². The van der Waals surface area contributed by atoms with Gasteiger partial charge in [0.25, 0.3) is 0 Å². The van der Waals surface area contributed by atoms with Crippen molar-refractivity contribution in [3.05, 3.63) is 93.3 Å². The molecule has 41 heavy (non-hydrogen) atoms. The number of halogens is 2. The van der Waals surface area contributed by atoms with Crippen molar-refractivity contribution < 1.29 is 28.2 Å². The Bertz CT molecular complexity index is 1360. The Morgan fingerprint density at radius 3 is 2.22 bits per heavy atom. The number of benzene rings is 3.